The average molecular weight is 295 g/mol. The first-order valence-corrected chi connectivity index (χ1v) is 8.45. The van der Waals surface area contributed by atoms with Crippen LogP contribution in [0.2, 0.25) is 0 Å². The second-order valence-corrected chi connectivity index (χ2v) is 6.78. The Bertz CT molecular complexity index is 460. The molecule has 4 heteroatoms. The predicted octanol–water partition coefficient (Wildman–Crippen LogP) is 3.71. The first-order chi connectivity index (χ1) is 9.55. The fraction of sp³-hybridized carbons (Fsp3) is 0.625. The van der Waals surface area contributed by atoms with Gasteiger partial charge in [-0.25, -0.2) is 0 Å². The molecule has 1 N–H and O–H groups in total. The molecular weight excluding hydrogens is 270 g/mol. The zero-order chi connectivity index (χ0) is 14.6. The molecule has 112 valence electrons. The zero-order valence-electron chi connectivity index (χ0n) is 12.9. The molecule has 0 fully saturated rings. The highest BCUT2D eigenvalue weighted by Crippen LogP contribution is 2.36. The summed E-state index contributed by atoms with van der Waals surface area (Å²) >= 11 is 1.76. The van der Waals surface area contributed by atoms with Gasteiger partial charge in [0.25, 0.3) is 0 Å². The smallest absolute Gasteiger partial charge is 0.162 e. The maximum absolute atomic E-state index is 5.67. The molecule has 0 bridgehead atoms. The van der Waals surface area contributed by atoms with Crippen LogP contribution in [0.4, 0.5) is 0 Å². The molecule has 1 aliphatic heterocycles. The molecule has 0 saturated heterocycles. The number of ether oxygens (including phenoxy) is 2. The van der Waals surface area contributed by atoms with E-state index >= 15 is 0 Å². The molecule has 0 saturated carbocycles. The second kappa shape index (κ2) is 6.72. The van der Waals surface area contributed by atoms with Crippen molar-refractivity contribution in [2.24, 2.45) is 5.41 Å². The summed E-state index contributed by atoms with van der Waals surface area (Å²) in [5.74, 6) is 1.75. The Hall–Kier alpha value is -0.870. The summed E-state index contributed by atoms with van der Waals surface area (Å²) in [4.78, 5) is 1.26. The minimum atomic E-state index is 0.341. The molecule has 1 aliphatic rings. The number of rotatable bonds is 6. The maximum Gasteiger partial charge on any atom is 0.162 e. The van der Waals surface area contributed by atoms with Crippen molar-refractivity contribution in [1.29, 1.82) is 0 Å². The highest BCUT2D eigenvalue weighted by atomic mass is 32.2. The Labute approximate surface area is 126 Å². The fourth-order valence-corrected chi connectivity index (χ4v) is 2.72. The van der Waals surface area contributed by atoms with Gasteiger partial charge in [-0.05, 0) is 35.8 Å². The average Bonchev–Trinajstić information content (AvgIpc) is 2.46. The Morgan fingerprint density at radius 1 is 1.20 bits per heavy atom. The Kier molecular flexibility index (Phi) is 5.22. The van der Waals surface area contributed by atoms with Crippen molar-refractivity contribution in [3.8, 4) is 11.5 Å². The molecule has 0 amide bonds. The molecular formula is C16H25NO2S. The topological polar surface area (TPSA) is 30.5 Å². The Balaban J connectivity index is 2.06. The van der Waals surface area contributed by atoms with E-state index in [2.05, 4.69) is 44.5 Å². The van der Waals surface area contributed by atoms with Crippen LogP contribution in [0.1, 0.15) is 32.8 Å². The van der Waals surface area contributed by atoms with Crippen LogP contribution >= 0.6 is 11.8 Å². The SMILES string of the molecule is CCC(C)(C)CNCc1cc2c(cc1SC)OCCO2. The monoisotopic (exact) mass is 295 g/mol. The Morgan fingerprint density at radius 2 is 1.85 bits per heavy atom. The van der Waals surface area contributed by atoms with Crippen LogP contribution in [-0.2, 0) is 6.54 Å². The lowest BCUT2D eigenvalue weighted by molar-refractivity contribution is 0.171. The van der Waals surface area contributed by atoms with Crippen LogP contribution in [0.3, 0.4) is 0 Å². The first-order valence-electron chi connectivity index (χ1n) is 7.23. The van der Waals surface area contributed by atoms with E-state index in [-0.39, 0.29) is 0 Å². The van der Waals surface area contributed by atoms with E-state index in [0.29, 0.717) is 18.6 Å². The molecule has 0 aromatic heterocycles. The molecule has 0 radical (unpaired) electrons. The van der Waals surface area contributed by atoms with E-state index in [4.69, 9.17) is 9.47 Å². The van der Waals surface area contributed by atoms with Crippen molar-refractivity contribution < 1.29 is 9.47 Å². The molecule has 2 rings (SSSR count). The third-order valence-electron chi connectivity index (χ3n) is 3.82. The van der Waals surface area contributed by atoms with Gasteiger partial charge in [0.2, 0.25) is 0 Å². The van der Waals surface area contributed by atoms with Crippen molar-refractivity contribution in [2.45, 2.75) is 38.6 Å². The van der Waals surface area contributed by atoms with Crippen LogP contribution in [0.15, 0.2) is 17.0 Å². The highest BCUT2D eigenvalue weighted by molar-refractivity contribution is 7.98. The van der Waals surface area contributed by atoms with Gasteiger partial charge in [-0.15, -0.1) is 11.8 Å². The lowest BCUT2D eigenvalue weighted by atomic mass is 9.90. The summed E-state index contributed by atoms with van der Waals surface area (Å²) in [6, 6.07) is 4.22. The molecule has 1 heterocycles. The number of thioether (sulfide) groups is 1. The van der Waals surface area contributed by atoms with Crippen LogP contribution in [0.5, 0.6) is 11.5 Å². The van der Waals surface area contributed by atoms with E-state index < -0.39 is 0 Å². The number of hydrogen-bond acceptors (Lipinski definition) is 4. The number of nitrogens with one attached hydrogen (secondary N) is 1. The molecule has 0 atom stereocenters. The van der Waals surface area contributed by atoms with Gasteiger partial charge in [0.1, 0.15) is 13.2 Å². The summed E-state index contributed by atoms with van der Waals surface area (Å²) < 4.78 is 11.3. The maximum atomic E-state index is 5.67. The lowest BCUT2D eigenvalue weighted by Crippen LogP contribution is -2.28. The molecule has 0 aliphatic carbocycles. The van der Waals surface area contributed by atoms with Gasteiger partial charge in [-0.2, -0.15) is 0 Å². The first kappa shape index (κ1) is 15.5. The van der Waals surface area contributed by atoms with Crippen LogP contribution < -0.4 is 14.8 Å². The zero-order valence-corrected chi connectivity index (χ0v) is 13.7. The van der Waals surface area contributed by atoms with Crippen molar-refractivity contribution in [3.63, 3.8) is 0 Å². The van der Waals surface area contributed by atoms with Gasteiger partial charge in [0, 0.05) is 18.0 Å². The van der Waals surface area contributed by atoms with Crippen LogP contribution in [-0.4, -0.2) is 26.0 Å². The molecule has 3 nitrogen and oxygen atoms in total. The lowest BCUT2D eigenvalue weighted by Gasteiger charge is -2.24. The summed E-state index contributed by atoms with van der Waals surface area (Å²) in [5, 5.41) is 3.56. The largest absolute Gasteiger partial charge is 0.486 e. The standard InChI is InChI=1S/C16H25NO2S/c1-5-16(2,3)11-17-10-12-8-13-14(9-15(12)20-4)19-7-6-18-13/h8-9,17H,5-7,10-11H2,1-4H3. The third kappa shape index (κ3) is 3.83. The van der Waals surface area contributed by atoms with Crippen molar-refractivity contribution in [2.75, 3.05) is 26.0 Å². The Morgan fingerprint density at radius 3 is 2.45 bits per heavy atom. The second-order valence-electron chi connectivity index (χ2n) is 5.93. The summed E-state index contributed by atoms with van der Waals surface area (Å²) in [6.07, 6.45) is 3.28. The van der Waals surface area contributed by atoms with Gasteiger partial charge >= 0.3 is 0 Å². The summed E-state index contributed by atoms with van der Waals surface area (Å²) in [5.41, 5.74) is 1.63. The summed E-state index contributed by atoms with van der Waals surface area (Å²) in [7, 11) is 0. The van der Waals surface area contributed by atoms with E-state index in [1.54, 1.807) is 11.8 Å². The van der Waals surface area contributed by atoms with Crippen LogP contribution in [0, 0.1) is 5.41 Å². The summed E-state index contributed by atoms with van der Waals surface area (Å²) in [6.45, 7) is 9.99. The van der Waals surface area contributed by atoms with Gasteiger partial charge in [-0.3, -0.25) is 0 Å². The van der Waals surface area contributed by atoms with E-state index in [1.807, 2.05) is 0 Å². The van der Waals surface area contributed by atoms with E-state index in [9.17, 15) is 0 Å². The quantitative estimate of drug-likeness (QED) is 0.811. The molecule has 1 aromatic rings. The van der Waals surface area contributed by atoms with Crippen LogP contribution in [0.25, 0.3) is 0 Å². The van der Waals surface area contributed by atoms with Gasteiger partial charge in [-0.1, -0.05) is 20.8 Å². The predicted molar refractivity (Wildman–Crippen MR) is 85.0 cm³/mol. The van der Waals surface area contributed by atoms with Crippen molar-refractivity contribution in [3.05, 3.63) is 17.7 Å². The van der Waals surface area contributed by atoms with Gasteiger partial charge in [0.15, 0.2) is 11.5 Å². The normalized spacial score (nSPS) is 14.4. The number of benzene rings is 1. The molecule has 20 heavy (non-hydrogen) atoms. The molecule has 0 unspecified atom stereocenters. The molecule has 0 spiro atoms. The third-order valence-corrected chi connectivity index (χ3v) is 4.64. The number of fused-ring (bicyclic) bond motifs is 1. The number of hydrogen-bond donors (Lipinski definition) is 1. The molecule has 1 aromatic carbocycles. The van der Waals surface area contributed by atoms with E-state index in [1.165, 1.54) is 16.9 Å². The minimum absolute atomic E-state index is 0.341. The minimum Gasteiger partial charge on any atom is -0.486 e. The van der Waals surface area contributed by atoms with Crippen molar-refractivity contribution in [1.82, 2.24) is 5.32 Å². The van der Waals surface area contributed by atoms with Crippen molar-refractivity contribution >= 4 is 11.8 Å². The van der Waals surface area contributed by atoms with E-state index in [0.717, 1.165) is 24.6 Å². The fourth-order valence-electron chi connectivity index (χ4n) is 2.10. The van der Waals surface area contributed by atoms with Gasteiger partial charge < -0.3 is 14.8 Å². The highest BCUT2D eigenvalue weighted by Gasteiger charge is 2.17. The van der Waals surface area contributed by atoms with Gasteiger partial charge in [0.05, 0.1) is 0 Å².